The van der Waals surface area contributed by atoms with Gasteiger partial charge in [0.2, 0.25) is 5.91 Å². The molecule has 0 radical (unpaired) electrons. The zero-order valence-corrected chi connectivity index (χ0v) is 26.9. The number of pyridine rings is 1. The molecule has 1 atom stereocenters. The Bertz CT molecular complexity index is 1400. The summed E-state index contributed by atoms with van der Waals surface area (Å²) in [6.45, 7) is 6.85. The Hall–Kier alpha value is -2.88. The number of halogens is 3. The van der Waals surface area contributed by atoms with E-state index in [1.54, 1.807) is 11.1 Å². The van der Waals surface area contributed by atoms with Gasteiger partial charge in [0.15, 0.2) is 0 Å². The van der Waals surface area contributed by atoms with Crippen molar-refractivity contribution in [3.63, 3.8) is 0 Å². The molecule has 2 N–H and O–H groups in total. The minimum absolute atomic E-state index is 0. The summed E-state index contributed by atoms with van der Waals surface area (Å²) >= 11 is 0. The Labute approximate surface area is 272 Å². The van der Waals surface area contributed by atoms with E-state index in [9.17, 15) is 9.59 Å². The summed E-state index contributed by atoms with van der Waals surface area (Å²) in [5.74, 6) is -0.387. The molecule has 3 aromatic rings. The number of aromatic nitrogens is 1. The zero-order chi connectivity index (χ0) is 27.5. The van der Waals surface area contributed by atoms with Crippen molar-refractivity contribution < 1.29 is 9.59 Å². The normalized spacial score (nSPS) is 18.3. The Kier molecular flexibility index (Phi) is 12.7. The largest absolute Gasteiger partial charge is 0.369 e. The third-order valence-electron chi connectivity index (χ3n) is 8.47. The molecular formula is C32H41Cl3N6O2. The van der Waals surface area contributed by atoms with E-state index in [2.05, 4.69) is 56.7 Å². The van der Waals surface area contributed by atoms with Crippen LogP contribution in [0, 0.1) is 5.92 Å². The van der Waals surface area contributed by atoms with E-state index >= 15 is 0 Å². The standard InChI is InChI=1S/C32H38N6O2.3ClH/c1-36-14-16-37(17-15-36)29-10-12-34-30(20-29)32(40)38-13-3-5-27(22-38)31(39)35-28-6-2-4-23(19-28)24-7-8-26-21-33-11-9-25(26)18-24;;;/h2,4,6-8,10,12,18-20,27,33H,3,5,9,11,13-17,21-22H2,1H3,(H,35,39);3*1H/t27-;;;/m0.../s1. The number of fused-ring (bicyclic) bond motifs is 1. The van der Waals surface area contributed by atoms with Crippen LogP contribution in [0.2, 0.25) is 0 Å². The van der Waals surface area contributed by atoms with Crippen molar-refractivity contribution in [2.45, 2.75) is 25.8 Å². The van der Waals surface area contributed by atoms with Crippen molar-refractivity contribution in [1.82, 2.24) is 20.1 Å². The van der Waals surface area contributed by atoms with Crippen molar-refractivity contribution >= 4 is 60.4 Å². The van der Waals surface area contributed by atoms with E-state index in [0.717, 1.165) is 81.0 Å². The van der Waals surface area contributed by atoms with Crippen molar-refractivity contribution in [2.75, 3.05) is 63.1 Å². The molecular weight excluding hydrogens is 607 g/mol. The van der Waals surface area contributed by atoms with Gasteiger partial charge in [0, 0.05) is 63.4 Å². The predicted octanol–water partition coefficient (Wildman–Crippen LogP) is 4.90. The quantitative estimate of drug-likeness (QED) is 0.410. The second-order valence-corrected chi connectivity index (χ2v) is 11.3. The fourth-order valence-electron chi connectivity index (χ4n) is 6.01. The topological polar surface area (TPSA) is 80.8 Å². The second-order valence-electron chi connectivity index (χ2n) is 11.3. The van der Waals surface area contributed by atoms with Crippen LogP contribution in [-0.4, -0.2) is 79.5 Å². The molecule has 3 aliphatic heterocycles. The van der Waals surface area contributed by atoms with Crippen LogP contribution >= 0.6 is 37.2 Å². The number of hydrogen-bond donors (Lipinski definition) is 2. The molecule has 11 heteroatoms. The van der Waals surface area contributed by atoms with Crippen LogP contribution in [0.5, 0.6) is 0 Å². The monoisotopic (exact) mass is 646 g/mol. The number of nitrogens with zero attached hydrogens (tertiary/aromatic N) is 4. The predicted molar refractivity (Wildman–Crippen MR) is 180 cm³/mol. The number of hydrogen-bond acceptors (Lipinski definition) is 6. The molecule has 4 heterocycles. The number of piperidine rings is 1. The lowest BCUT2D eigenvalue weighted by Gasteiger charge is -2.34. The number of anilines is 2. The minimum Gasteiger partial charge on any atom is -0.369 e. The lowest BCUT2D eigenvalue weighted by atomic mass is 9.95. The first kappa shape index (κ1) is 34.6. The molecule has 0 spiro atoms. The molecule has 1 aromatic heterocycles. The number of benzene rings is 2. The highest BCUT2D eigenvalue weighted by Crippen LogP contribution is 2.28. The van der Waals surface area contributed by atoms with E-state index in [0.29, 0.717) is 18.8 Å². The Morgan fingerprint density at radius 3 is 2.51 bits per heavy atom. The molecule has 2 aromatic carbocycles. The lowest BCUT2D eigenvalue weighted by molar-refractivity contribution is -0.121. The van der Waals surface area contributed by atoms with E-state index in [4.69, 9.17) is 0 Å². The molecule has 0 saturated carbocycles. The summed E-state index contributed by atoms with van der Waals surface area (Å²) in [5, 5.41) is 6.55. The van der Waals surface area contributed by atoms with Gasteiger partial charge in [-0.15, -0.1) is 37.2 Å². The van der Waals surface area contributed by atoms with E-state index in [1.807, 2.05) is 30.3 Å². The van der Waals surface area contributed by atoms with Gasteiger partial charge >= 0.3 is 0 Å². The molecule has 3 aliphatic rings. The van der Waals surface area contributed by atoms with Crippen LogP contribution < -0.4 is 15.5 Å². The van der Waals surface area contributed by atoms with Crippen molar-refractivity contribution in [3.05, 3.63) is 77.6 Å². The third kappa shape index (κ3) is 8.19. The number of carbonyl (C=O) groups excluding carboxylic acids is 2. The average Bonchev–Trinajstić information content (AvgIpc) is 3.01. The molecule has 2 fully saturated rings. The minimum atomic E-state index is -0.251. The molecule has 43 heavy (non-hydrogen) atoms. The fraction of sp³-hybridized carbons (Fsp3) is 0.406. The van der Waals surface area contributed by atoms with Gasteiger partial charge in [0.05, 0.1) is 5.92 Å². The van der Waals surface area contributed by atoms with Gasteiger partial charge in [-0.25, -0.2) is 0 Å². The van der Waals surface area contributed by atoms with E-state index in [1.165, 1.54) is 11.1 Å². The lowest BCUT2D eigenvalue weighted by Crippen LogP contribution is -2.45. The average molecular weight is 648 g/mol. The van der Waals surface area contributed by atoms with Crippen LogP contribution in [0.4, 0.5) is 11.4 Å². The Morgan fingerprint density at radius 1 is 0.907 bits per heavy atom. The van der Waals surface area contributed by atoms with Crippen LogP contribution in [0.1, 0.15) is 34.5 Å². The number of likely N-dealkylation sites (tertiary alicyclic amines) is 1. The highest BCUT2D eigenvalue weighted by molar-refractivity contribution is 5.96. The molecule has 0 bridgehead atoms. The molecule has 232 valence electrons. The first-order valence-electron chi connectivity index (χ1n) is 14.5. The van der Waals surface area contributed by atoms with Crippen LogP contribution in [0.15, 0.2) is 60.8 Å². The molecule has 0 unspecified atom stereocenters. The molecule has 8 nitrogen and oxygen atoms in total. The van der Waals surface area contributed by atoms with Gasteiger partial charge < -0.3 is 25.3 Å². The van der Waals surface area contributed by atoms with Crippen molar-refractivity contribution in [1.29, 1.82) is 0 Å². The van der Waals surface area contributed by atoms with E-state index < -0.39 is 0 Å². The SMILES string of the molecule is CN1CCN(c2ccnc(C(=O)N3CCC[C@H](C(=O)Nc4cccc(-c5ccc6c(c5)CCNC6)c4)C3)c2)CC1.Cl.Cl.Cl. The second kappa shape index (κ2) is 15.7. The van der Waals surface area contributed by atoms with Crippen LogP contribution in [0.25, 0.3) is 11.1 Å². The number of piperazine rings is 1. The first-order chi connectivity index (χ1) is 19.5. The van der Waals surface area contributed by atoms with Gasteiger partial charge in [-0.05, 0) is 79.4 Å². The van der Waals surface area contributed by atoms with Crippen molar-refractivity contribution in [2.24, 2.45) is 5.92 Å². The summed E-state index contributed by atoms with van der Waals surface area (Å²) in [6, 6.07) is 18.6. The summed E-state index contributed by atoms with van der Waals surface area (Å²) in [7, 11) is 2.13. The molecule has 6 rings (SSSR count). The number of carbonyl (C=O) groups is 2. The number of amides is 2. The van der Waals surface area contributed by atoms with Gasteiger partial charge in [-0.3, -0.25) is 14.6 Å². The summed E-state index contributed by atoms with van der Waals surface area (Å²) in [6.07, 6.45) is 4.32. The molecule has 0 aliphatic carbocycles. The Morgan fingerprint density at radius 2 is 1.70 bits per heavy atom. The fourth-order valence-corrected chi connectivity index (χ4v) is 6.01. The summed E-state index contributed by atoms with van der Waals surface area (Å²) in [4.78, 5) is 37.5. The molecule has 2 saturated heterocycles. The van der Waals surface area contributed by atoms with Gasteiger partial charge in [-0.1, -0.05) is 30.3 Å². The van der Waals surface area contributed by atoms with E-state index in [-0.39, 0.29) is 55.0 Å². The highest BCUT2D eigenvalue weighted by atomic mass is 35.5. The smallest absolute Gasteiger partial charge is 0.272 e. The highest BCUT2D eigenvalue weighted by Gasteiger charge is 2.30. The molecule has 2 amide bonds. The number of nitrogens with one attached hydrogen (secondary N) is 2. The first-order valence-corrected chi connectivity index (χ1v) is 14.5. The maximum Gasteiger partial charge on any atom is 0.272 e. The summed E-state index contributed by atoms with van der Waals surface area (Å²) < 4.78 is 0. The summed E-state index contributed by atoms with van der Waals surface area (Å²) in [5.41, 5.74) is 7.27. The maximum absolute atomic E-state index is 13.4. The Balaban J connectivity index is 0.00000169. The maximum atomic E-state index is 13.4. The van der Waals surface area contributed by atoms with Crippen LogP contribution in [-0.2, 0) is 17.8 Å². The number of likely N-dealkylation sites (N-methyl/N-ethyl adjacent to an activating group) is 1. The van der Waals surface area contributed by atoms with Gasteiger partial charge in [0.1, 0.15) is 5.69 Å². The van der Waals surface area contributed by atoms with Gasteiger partial charge in [-0.2, -0.15) is 0 Å². The van der Waals surface area contributed by atoms with Crippen molar-refractivity contribution in [3.8, 4) is 11.1 Å². The van der Waals surface area contributed by atoms with Gasteiger partial charge in [0.25, 0.3) is 5.91 Å². The van der Waals surface area contributed by atoms with Crippen LogP contribution in [0.3, 0.4) is 0 Å². The third-order valence-corrected chi connectivity index (χ3v) is 8.47. The number of rotatable bonds is 5. The zero-order valence-electron chi connectivity index (χ0n) is 24.5.